The average molecular weight is 265 g/mol. The van der Waals surface area contributed by atoms with Crippen molar-refractivity contribution in [1.82, 2.24) is 0 Å². The minimum absolute atomic E-state index is 0.113. The molecule has 0 radical (unpaired) electrons. The van der Waals surface area contributed by atoms with Crippen LogP contribution in [0.2, 0.25) is 0 Å². The number of rotatable bonds is 2. The highest BCUT2D eigenvalue weighted by molar-refractivity contribution is 6.42. The number of esters is 2. The van der Waals surface area contributed by atoms with Crippen molar-refractivity contribution >= 4 is 17.7 Å². The third-order valence-electron chi connectivity index (χ3n) is 2.24. The lowest BCUT2D eigenvalue weighted by Crippen LogP contribution is -2.28. The standard InChI is InChI=1S/C14H19NO4/c1-9-6-7-10(12(16)18-5)15-11(8-9)13(17)19-14(2,3)4/h7-8H,6H2,1-5H3. The second kappa shape index (κ2) is 5.82. The van der Waals surface area contributed by atoms with Crippen LogP contribution in [-0.4, -0.2) is 30.4 Å². The van der Waals surface area contributed by atoms with Gasteiger partial charge in [0.1, 0.15) is 17.0 Å². The molecule has 1 rings (SSSR count). The summed E-state index contributed by atoms with van der Waals surface area (Å²) in [5.74, 6) is -1.12. The quantitative estimate of drug-likeness (QED) is 0.718. The fraction of sp³-hybridized carbons (Fsp3) is 0.500. The van der Waals surface area contributed by atoms with E-state index in [0.29, 0.717) is 6.42 Å². The molecule has 1 aliphatic heterocycles. The van der Waals surface area contributed by atoms with Gasteiger partial charge in [0.15, 0.2) is 0 Å². The molecule has 5 heteroatoms. The highest BCUT2D eigenvalue weighted by atomic mass is 16.6. The van der Waals surface area contributed by atoms with Gasteiger partial charge in [-0.3, -0.25) is 0 Å². The van der Waals surface area contributed by atoms with Gasteiger partial charge in [-0.25, -0.2) is 14.6 Å². The molecule has 104 valence electrons. The molecule has 1 heterocycles. The zero-order valence-corrected chi connectivity index (χ0v) is 11.9. The first-order valence-electron chi connectivity index (χ1n) is 6.00. The molecule has 0 atom stereocenters. The summed E-state index contributed by atoms with van der Waals surface area (Å²) in [6.45, 7) is 7.18. The van der Waals surface area contributed by atoms with Crippen molar-refractivity contribution in [2.75, 3.05) is 7.11 Å². The maximum Gasteiger partial charge on any atom is 0.357 e. The zero-order valence-electron chi connectivity index (χ0n) is 11.9. The van der Waals surface area contributed by atoms with Crippen molar-refractivity contribution in [3.8, 4) is 0 Å². The van der Waals surface area contributed by atoms with Crippen molar-refractivity contribution in [3.63, 3.8) is 0 Å². The van der Waals surface area contributed by atoms with Crippen LogP contribution in [0.25, 0.3) is 0 Å². The van der Waals surface area contributed by atoms with Gasteiger partial charge in [-0.15, -0.1) is 0 Å². The van der Waals surface area contributed by atoms with Crippen LogP contribution in [0.15, 0.2) is 28.4 Å². The molecular weight excluding hydrogens is 246 g/mol. The van der Waals surface area contributed by atoms with Gasteiger partial charge < -0.3 is 9.47 Å². The summed E-state index contributed by atoms with van der Waals surface area (Å²) in [6.07, 6.45) is 3.80. The molecule has 5 nitrogen and oxygen atoms in total. The van der Waals surface area contributed by atoms with E-state index >= 15 is 0 Å². The number of ether oxygens (including phenoxy) is 2. The molecule has 0 aliphatic carbocycles. The summed E-state index contributed by atoms with van der Waals surface area (Å²) in [7, 11) is 1.27. The van der Waals surface area contributed by atoms with Gasteiger partial charge in [-0.05, 0) is 46.3 Å². The number of hydrogen-bond acceptors (Lipinski definition) is 5. The molecule has 0 saturated carbocycles. The minimum atomic E-state index is -0.608. The number of carbonyl (C=O) groups is 2. The Kier molecular flexibility index (Phi) is 4.64. The highest BCUT2D eigenvalue weighted by Crippen LogP contribution is 2.15. The fourth-order valence-electron chi connectivity index (χ4n) is 1.43. The maximum absolute atomic E-state index is 12.0. The van der Waals surface area contributed by atoms with Crippen LogP contribution < -0.4 is 0 Å². The largest absolute Gasteiger partial charge is 0.464 e. The van der Waals surface area contributed by atoms with Gasteiger partial charge >= 0.3 is 11.9 Å². The Labute approximate surface area is 113 Å². The summed E-state index contributed by atoms with van der Waals surface area (Å²) in [6, 6.07) is 0. The fourth-order valence-corrected chi connectivity index (χ4v) is 1.43. The lowest BCUT2D eigenvalue weighted by molar-refractivity contribution is -0.146. The van der Waals surface area contributed by atoms with Gasteiger partial charge in [0.25, 0.3) is 0 Å². The van der Waals surface area contributed by atoms with Crippen LogP contribution in [0.3, 0.4) is 0 Å². The van der Waals surface area contributed by atoms with Crippen LogP contribution >= 0.6 is 0 Å². The number of aliphatic imine (C=N–C) groups is 1. The number of methoxy groups -OCH3 is 1. The van der Waals surface area contributed by atoms with Crippen molar-refractivity contribution in [3.05, 3.63) is 23.4 Å². The summed E-state index contributed by atoms with van der Waals surface area (Å²) in [5.41, 5.74) is 0.546. The molecule has 19 heavy (non-hydrogen) atoms. The Morgan fingerprint density at radius 1 is 1.26 bits per heavy atom. The SMILES string of the molecule is COC(=O)C1=CCC(C)=CC(C(=O)OC(C)(C)C)=N1. The molecule has 0 unspecified atom stereocenters. The average Bonchev–Trinajstić information content (AvgIpc) is 2.48. The van der Waals surface area contributed by atoms with Gasteiger partial charge in [0.2, 0.25) is 0 Å². The van der Waals surface area contributed by atoms with E-state index in [0.717, 1.165) is 5.57 Å². The van der Waals surface area contributed by atoms with E-state index in [-0.39, 0.29) is 11.4 Å². The van der Waals surface area contributed by atoms with E-state index in [1.54, 1.807) is 32.9 Å². The van der Waals surface area contributed by atoms with Gasteiger partial charge in [0, 0.05) is 0 Å². The van der Waals surface area contributed by atoms with Gasteiger partial charge in [-0.1, -0.05) is 5.57 Å². The van der Waals surface area contributed by atoms with Crippen LogP contribution in [0, 0.1) is 0 Å². The molecule has 0 aromatic carbocycles. The molecule has 0 bridgehead atoms. The molecule has 0 fully saturated rings. The van der Waals surface area contributed by atoms with Crippen molar-refractivity contribution in [2.45, 2.75) is 39.7 Å². The monoisotopic (exact) mass is 265 g/mol. The first-order valence-corrected chi connectivity index (χ1v) is 6.00. The van der Waals surface area contributed by atoms with Crippen molar-refractivity contribution < 1.29 is 19.1 Å². The molecule has 0 aromatic rings. The Balaban J connectivity index is 3.05. The van der Waals surface area contributed by atoms with Gasteiger partial charge in [-0.2, -0.15) is 0 Å². The first-order chi connectivity index (χ1) is 8.73. The van der Waals surface area contributed by atoms with Crippen molar-refractivity contribution in [1.29, 1.82) is 0 Å². The van der Waals surface area contributed by atoms with Crippen LogP contribution in [0.1, 0.15) is 34.1 Å². The van der Waals surface area contributed by atoms with E-state index in [1.165, 1.54) is 7.11 Å². The molecule has 0 amide bonds. The lowest BCUT2D eigenvalue weighted by atomic mass is 10.1. The summed E-state index contributed by atoms with van der Waals surface area (Å²) < 4.78 is 9.87. The minimum Gasteiger partial charge on any atom is -0.464 e. The van der Waals surface area contributed by atoms with E-state index in [1.807, 2.05) is 6.92 Å². The lowest BCUT2D eigenvalue weighted by Gasteiger charge is -2.19. The third-order valence-corrected chi connectivity index (χ3v) is 2.24. The Bertz CT molecular complexity index is 478. The molecule has 1 aliphatic rings. The van der Waals surface area contributed by atoms with Crippen LogP contribution in [0.5, 0.6) is 0 Å². The number of nitrogens with zero attached hydrogens (tertiary/aromatic N) is 1. The van der Waals surface area contributed by atoms with Crippen LogP contribution in [-0.2, 0) is 19.1 Å². The smallest absolute Gasteiger partial charge is 0.357 e. The summed E-state index contributed by atoms with van der Waals surface area (Å²) in [5, 5.41) is 0. The van der Waals surface area contributed by atoms with E-state index in [9.17, 15) is 9.59 Å². The predicted molar refractivity (Wildman–Crippen MR) is 71.8 cm³/mol. The molecule has 0 aromatic heterocycles. The van der Waals surface area contributed by atoms with E-state index < -0.39 is 17.5 Å². The normalized spacial score (nSPS) is 15.7. The molecular formula is C14H19NO4. The molecule has 0 N–H and O–H groups in total. The third kappa shape index (κ3) is 4.69. The molecule has 0 saturated heterocycles. The second-order valence-electron chi connectivity index (χ2n) is 5.27. The van der Waals surface area contributed by atoms with Crippen molar-refractivity contribution in [2.24, 2.45) is 4.99 Å². The summed E-state index contributed by atoms with van der Waals surface area (Å²) in [4.78, 5) is 27.5. The Morgan fingerprint density at radius 2 is 1.89 bits per heavy atom. The van der Waals surface area contributed by atoms with Crippen LogP contribution in [0.4, 0.5) is 0 Å². The maximum atomic E-state index is 12.0. The van der Waals surface area contributed by atoms with Gasteiger partial charge in [0.05, 0.1) is 7.11 Å². The molecule has 0 spiro atoms. The zero-order chi connectivity index (χ0) is 14.6. The Hall–Kier alpha value is -1.91. The van der Waals surface area contributed by atoms with E-state index in [2.05, 4.69) is 9.73 Å². The predicted octanol–water partition coefficient (Wildman–Crippen LogP) is 2.18. The Morgan fingerprint density at radius 3 is 2.42 bits per heavy atom. The number of carbonyl (C=O) groups excluding carboxylic acids is 2. The number of hydrogen-bond donors (Lipinski definition) is 0. The first kappa shape index (κ1) is 15.1. The summed E-state index contributed by atoms with van der Waals surface area (Å²) >= 11 is 0. The van der Waals surface area contributed by atoms with E-state index in [4.69, 9.17) is 4.74 Å². The number of allylic oxidation sites excluding steroid dienone is 2. The highest BCUT2D eigenvalue weighted by Gasteiger charge is 2.22. The topological polar surface area (TPSA) is 65.0 Å². The second-order valence-corrected chi connectivity index (χ2v) is 5.27.